The van der Waals surface area contributed by atoms with E-state index in [4.69, 9.17) is 16.9 Å². The van der Waals surface area contributed by atoms with Crippen molar-refractivity contribution in [3.8, 4) is 6.07 Å². The van der Waals surface area contributed by atoms with Gasteiger partial charge in [-0.1, -0.05) is 11.6 Å². The van der Waals surface area contributed by atoms with E-state index in [2.05, 4.69) is 4.74 Å². The molecule has 0 aliphatic heterocycles. The Morgan fingerprint density at radius 3 is 2.78 bits per heavy atom. The van der Waals surface area contributed by atoms with Crippen LogP contribution in [0, 0.1) is 11.3 Å². The lowest BCUT2D eigenvalue weighted by molar-refractivity contribution is -0.144. The first-order valence-corrected chi connectivity index (χ1v) is 5.50. The summed E-state index contributed by atoms with van der Waals surface area (Å²) in [4.78, 5) is 11.0. The molecule has 0 aromatic heterocycles. The van der Waals surface area contributed by atoms with Gasteiger partial charge >= 0.3 is 5.97 Å². The maximum Gasteiger partial charge on any atom is 0.308 e. The second kappa shape index (κ2) is 6.36. The number of aliphatic hydroxyl groups is 2. The number of ether oxygens (including phenoxy) is 1. The summed E-state index contributed by atoms with van der Waals surface area (Å²) < 4.78 is 4.39. The van der Waals surface area contributed by atoms with E-state index in [0.29, 0.717) is 5.02 Å². The monoisotopic (exact) mass is 269 g/mol. The fraction of sp³-hybridized carbons (Fsp3) is 0.333. The maximum absolute atomic E-state index is 11.0. The number of nitrogens with zero attached hydrogens (tertiary/aromatic N) is 1. The van der Waals surface area contributed by atoms with Gasteiger partial charge in [0.05, 0.1) is 31.3 Å². The van der Waals surface area contributed by atoms with Crippen LogP contribution < -0.4 is 0 Å². The van der Waals surface area contributed by atoms with Crippen LogP contribution in [0.3, 0.4) is 0 Å². The molecule has 0 spiro atoms. The van der Waals surface area contributed by atoms with Crippen LogP contribution in [0.1, 0.15) is 23.7 Å². The highest BCUT2D eigenvalue weighted by Crippen LogP contribution is 2.25. The van der Waals surface area contributed by atoms with Gasteiger partial charge in [-0.15, -0.1) is 0 Å². The number of methoxy groups -OCH3 is 1. The number of halogens is 1. The van der Waals surface area contributed by atoms with Gasteiger partial charge in [-0.3, -0.25) is 4.79 Å². The quantitative estimate of drug-likeness (QED) is 0.801. The number of hydrogen-bond acceptors (Lipinski definition) is 5. The molecular weight excluding hydrogens is 258 g/mol. The van der Waals surface area contributed by atoms with Gasteiger partial charge in [0.1, 0.15) is 6.10 Å². The molecule has 6 heteroatoms. The van der Waals surface area contributed by atoms with Gasteiger partial charge in [-0.05, 0) is 18.2 Å². The lowest BCUT2D eigenvalue weighted by Gasteiger charge is -2.18. The molecule has 0 fully saturated rings. The fourth-order valence-electron chi connectivity index (χ4n) is 1.45. The van der Waals surface area contributed by atoms with Crippen molar-refractivity contribution in [1.82, 2.24) is 0 Å². The van der Waals surface area contributed by atoms with E-state index in [0.717, 1.165) is 0 Å². The topological polar surface area (TPSA) is 90.6 Å². The third kappa shape index (κ3) is 3.44. The third-order valence-electron chi connectivity index (χ3n) is 2.42. The minimum absolute atomic E-state index is 0.182. The van der Waals surface area contributed by atoms with Crippen LogP contribution in [0.5, 0.6) is 0 Å². The number of carbonyl (C=O) groups is 1. The minimum Gasteiger partial charge on any atom is -0.469 e. The molecule has 0 aliphatic carbocycles. The number of nitriles is 1. The van der Waals surface area contributed by atoms with Gasteiger partial charge in [-0.25, -0.2) is 0 Å². The summed E-state index contributed by atoms with van der Waals surface area (Å²) in [6.07, 6.45) is -3.10. The van der Waals surface area contributed by atoms with Crippen LogP contribution in [-0.4, -0.2) is 29.4 Å². The van der Waals surface area contributed by atoms with Crippen LogP contribution in [-0.2, 0) is 9.53 Å². The summed E-state index contributed by atoms with van der Waals surface area (Å²) in [7, 11) is 1.18. The van der Waals surface area contributed by atoms with Gasteiger partial charge in [0, 0.05) is 10.6 Å². The van der Waals surface area contributed by atoms with Gasteiger partial charge in [0.15, 0.2) is 0 Å². The fourth-order valence-corrected chi connectivity index (χ4v) is 1.63. The molecule has 0 aliphatic rings. The van der Waals surface area contributed by atoms with Crippen molar-refractivity contribution in [1.29, 1.82) is 5.26 Å². The lowest BCUT2D eigenvalue weighted by atomic mass is 9.98. The molecule has 5 nitrogen and oxygen atoms in total. The highest BCUT2D eigenvalue weighted by Gasteiger charge is 2.24. The van der Waals surface area contributed by atoms with Crippen molar-refractivity contribution in [3.05, 3.63) is 34.3 Å². The molecule has 0 bridgehead atoms. The highest BCUT2D eigenvalue weighted by atomic mass is 35.5. The molecule has 0 saturated heterocycles. The lowest BCUT2D eigenvalue weighted by Crippen LogP contribution is -2.23. The van der Waals surface area contributed by atoms with E-state index >= 15 is 0 Å². The van der Waals surface area contributed by atoms with Crippen molar-refractivity contribution in [3.63, 3.8) is 0 Å². The first kappa shape index (κ1) is 14.5. The maximum atomic E-state index is 11.0. The van der Waals surface area contributed by atoms with Gasteiger partial charge < -0.3 is 14.9 Å². The van der Waals surface area contributed by atoms with Crippen LogP contribution >= 0.6 is 11.6 Å². The molecule has 0 radical (unpaired) electrons. The smallest absolute Gasteiger partial charge is 0.308 e. The van der Waals surface area contributed by atoms with E-state index in [1.165, 1.54) is 25.3 Å². The first-order valence-electron chi connectivity index (χ1n) is 5.12. The van der Waals surface area contributed by atoms with Gasteiger partial charge in [0.25, 0.3) is 0 Å². The van der Waals surface area contributed by atoms with Crippen molar-refractivity contribution >= 4 is 17.6 Å². The Hall–Kier alpha value is -1.61. The summed E-state index contributed by atoms with van der Waals surface area (Å²) in [6, 6.07) is 6.20. The molecule has 96 valence electrons. The average Bonchev–Trinajstić information content (AvgIpc) is 2.37. The zero-order valence-electron chi connectivity index (χ0n) is 9.63. The normalized spacial score (nSPS) is 13.5. The summed E-state index contributed by atoms with van der Waals surface area (Å²) in [6.45, 7) is 0. The third-order valence-corrected chi connectivity index (χ3v) is 2.66. The summed E-state index contributed by atoms with van der Waals surface area (Å²) in [5.74, 6) is -0.651. The van der Waals surface area contributed by atoms with Crippen molar-refractivity contribution in [2.45, 2.75) is 18.6 Å². The Labute approximate surface area is 109 Å². The first-order chi connectivity index (χ1) is 8.49. The largest absolute Gasteiger partial charge is 0.469 e. The number of hydrogen-bond donors (Lipinski definition) is 2. The molecule has 2 N–H and O–H groups in total. The van der Waals surface area contributed by atoms with Crippen molar-refractivity contribution < 1.29 is 19.7 Å². The highest BCUT2D eigenvalue weighted by molar-refractivity contribution is 6.30. The van der Waals surface area contributed by atoms with E-state index in [9.17, 15) is 15.0 Å². The molecule has 1 rings (SSSR count). The predicted octanol–water partition coefficient (Wildman–Crippen LogP) is 1.17. The molecule has 1 aromatic rings. The summed E-state index contributed by atoms with van der Waals surface area (Å²) in [5.41, 5.74) is 0.372. The van der Waals surface area contributed by atoms with Crippen LogP contribution in [0.4, 0.5) is 0 Å². The Morgan fingerprint density at radius 2 is 2.22 bits per heavy atom. The standard InChI is InChI=1S/C12H12ClNO4/c1-18-11(16)5-10(15)12(17)9-4-8(13)3-2-7(9)6-14/h2-4,10,12,15,17H,5H2,1H3. The SMILES string of the molecule is COC(=O)CC(O)C(O)c1cc(Cl)ccc1C#N. The van der Waals surface area contributed by atoms with E-state index in [1.54, 1.807) is 0 Å². The second-order valence-electron chi connectivity index (χ2n) is 3.64. The van der Waals surface area contributed by atoms with Crippen molar-refractivity contribution in [2.24, 2.45) is 0 Å². The molecule has 0 heterocycles. The van der Waals surface area contributed by atoms with Crippen LogP contribution in [0.25, 0.3) is 0 Å². The van der Waals surface area contributed by atoms with Crippen LogP contribution in [0.15, 0.2) is 18.2 Å². The van der Waals surface area contributed by atoms with Crippen LogP contribution in [0.2, 0.25) is 5.02 Å². The number of benzene rings is 1. The molecule has 1 aromatic carbocycles. The number of rotatable bonds is 4. The Balaban J connectivity index is 2.96. The molecular formula is C12H12ClNO4. The molecule has 0 saturated carbocycles. The second-order valence-corrected chi connectivity index (χ2v) is 4.07. The number of carbonyl (C=O) groups excluding carboxylic acids is 1. The molecule has 2 atom stereocenters. The number of aliphatic hydroxyl groups excluding tert-OH is 2. The molecule has 2 unspecified atom stereocenters. The predicted molar refractivity (Wildman–Crippen MR) is 63.8 cm³/mol. The average molecular weight is 270 g/mol. The van der Waals surface area contributed by atoms with E-state index in [1.807, 2.05) is 6.07 Å². The van der Waals surface area contributed by atoms with E-state index < -0.39 is 18.2 Å². The minimum atomic E-state index is -1.38. The Bertz CT molecular complexity index is 483. The zero-order valence-corrected chi connectivity index (χ0v) is 10.4. The summed E-state index contributed by atoms with van der Waals surface area (Å²) >= 11 is 5.76. The Morgan fingerprint density at radius 1 is 1.56 bits per heavy atom. The van der Waals surface area contributed by atoms with Gasteiger partial charge in [0.2, 0.25) is 0 Å². The Kier molecular flexibility index (Phi) is 5.10. The number of esters is 1. The van der Waals surface area contributed by atoms with Gasteiger partial charge in [-0.2, -0.15) is 5.26 Å². The molecule has 0 amide bonds. The van der Waals surface area contributed by atoms with Crippen molar-refractivity contribution in [2.75, 3.05) is 7.11 Å². The zero-order chi connectivity index (χ0) is 13.7. The van der Waals surface area contributed by atoms with E-state index in [-0.39, 0.29) is 17.5 Å². The molecule has 18 heavy (non-hydrogen) atoms. The summed E-state index contributed by atoms with van der Waals surface area (Å²) in [5, 5.41) is 28.8.